The van der Waals surface area contributed by atoms with Crippen LogP contribution in [-0.2, 0) is 19.5 Å². The van der Waals surface area contributed by atoms with Gasteiger partial charge in [-0.1, -0.05) is 6.07 Å². The lowest BCUT2D eigenvalue weighted by molar-refractivity contribution is -0.384. The standard InChI is InChI=1S/C22H22N4O5S/c1-30-19-9-14-6-7-25(11-16(14)10-20(19)31-2)12-17-13-32-22(23-17)24-21(27)15-4-3-5-18(8-15)26(28)29/h3-5,8-10,13H,6-7,11-12H2,1-2H3,(H,23,24,27). The smallest absolute Gasteiger partial charge is 0.270 e. The van der Waals surface area contributed by atoms with E-state index in [1.807, 2.05) is 17.5 Å². The van der Waals surface area contributed by atoms with Crippen LogP contribution in [-0.4, -0.2) is 41.5 Å². The molecule has 4 rings (SSSR count). The van der Waals surface area contributed by atoms with E-state index in [-0.39, 0.29) is 11.3 Å². The Balaban J connectivity index is 1.40. The number of nitro benzene ring substituents is 1. The Morgan fingerprint density at radius 2 is 1.97 bits per heavy atom. The van der Waals surface area contributed by atoms with Crippen molar-refractivity contribution in [2.75, 3.05) is 26.1 Å². The number of aromatic nitrogens is 1. The molecule has 9 nitrogen and oxygen atoms in total. The molecule has 0 atom stereocenters. The first-order chi connectivity index (χ1) is 15.5. The van der Waals surface area contributed by atoms with Crippen LogP contribution in [0.3, 0.4) is 0 Å². The number of amides is 1. The molecule has 0 unspecified atom stereocenters. The van der Waals surface area contributed by atoms with E-state index in [1.54, 1.807) is 14.2 Å². The number of benzene rings is 2. The number of rotatable bonds is 7. The molecule has 0 aliphatic carbocycles. The van der Waals surface area contributed by atoms with Crippen LogP contribution in [0.5, 0.6) is 11.5 Å². The van der Waals surface area contributed by atoms with Crippen molar-refractivity contribution in [3.8, 4) is 11.5 Å². The molecule has 0 fully saturated rings. The van der Waals surface area contributed by atoms with Crippen molar-refractivity contribution >= 4 is 28.1 Å². The Hall–Kier alpha value is -3.50. The maximum absolute atomic E-state index is 12.4. The summed E-state index contributed by atoms with van der Waals surface area (Å²) in [5, 5.41) is 16.0. The number of methoxy groups -OCH3 is 2. The number of nitrogens with zero attached hydrogens (tertiary/aromatic N) is 3. The molecule has 0 radical (unpaired) electrons. The zero-order valence-electron chi connectivity index (χ0n) is 17.7. The highest BCUT2D eigenvalue weighted by molar-refractivity contribution is 7.14. The fourth-order valence-corrected chi connectivity index (χ4v) is 4.37. The SMILES string of the molecule is COc1cc2c(cc1OC)CN(Cc1csc(NC(=O)c3cccc([N+](=O)[O-])c3)n1)CC2. The van der Waals surface area contributed by atoms with E-state index in [1.165, 1.54) is 46.7 Å². The fraction of sp³-hybridized carbons (Fsp3) is 0.273. The predicted octanol–water partition coefficient (Wildman–Crippen LogP) is 3.88. The number of nitrogens with one attached hydrogen (secondary N) is 1. The van der Waals surface area contributed by atoms with Gasteiger partial charge in [-0.15, -0.1) is 11.3 Å². The van der Waals surface area contributed by atoms with Crippen molar-refractivity contribution in [2.45, 2.75) is 19.5 Å². The second-order valence-corrected chi connectivity index (χ2v) is 8.20. The van der Waals surface area contributed by atoms with Crippen molar-refractivity contribution in [1.82, 2.24) is 9.88 Å². The minimum atomic E-state index is -0.527. The number of hydrogen-bond acceptors (Lipinski definition) is 8. The van der Waals surface area contributed by atoms with Crippen LogP contribution in [0.25, 0.3) is 0 Å². The zero-order chi connectivity index (χ0) is 22.7. The number of nitro groups is 1. The predicted molar refractivity (Wildman–Crippen MR) is 121 cm³/mol. The summed E-state index contributed by atoms with van der Waals surface area (Å²) in [7, 11) is 3.26. The summed E-state index contributed by atoms with van der Waals surface area (Å²) < 4.78 is 10.8. The molecule has 166 valence electrons. The van der Waals surface area contributed by atoms with E-state index in [2.05, 4.69) is 15.2 Å². The van der Waals surface area contributed by atoms with Gasteiger partial charge in [0.05, 0.1) is 24.8 Å². The second kappa shape index (κ2) is 9.33. The minimum Gasteiger partial charge on any atom is -0.493 e. The molecule has 0 saturated heterocycles. The quantitative estimate of drug-likeness (QED) is 0.426. The van der Waals surface area contributed by atoms with Crippen LogP contribution in [0.4, 0.5) is 10.8 Å². The Kier molecular flexibility index (Phi) is 6.33. The molecule has 1 N–H and O–H groups in total. The summed E-state index contributed by atoms with van der Waals surface area (Å²) in [6.07, 6.45) is 0.899. The molecule has 1 amide bonds. The third kappa shape index (κ3) is 4.71. The molecule has 0 saturated carbocycles. The molecule has 2 heterocycles. The third-order valence-corrected chi connectivity index (χ3v) is 6.08. The number of non-ortho nitro benzene ring substituents is 1. The number of ether oxygens (including phenoxy) is 2. The Bertz CT molecular complexity index is 1160. The molecule has 32 heavy (non-hydrogen) atoms. The third-order valence-electron chi connectivity index (χ3n) is 5.27. The molecular weight excluding hydrogens is 432 g/mol. The molecular formula is C22H22N4O5S. The number of carbonyl (C=O) groups excluding carboxylic acids is 1. The van der Waals surface area contributed by atoms with Gasteiger partial charge in [0, 0.05) is 42.7 Å². The molecule has 0 bridgehead atoms. The largest absolute Gasteiger partial charge is 0.493 e. The molecule has 3 aromatic rings. The van der Waals surface area contributed by atoms with Crippen LogP contribution in [0.15, 0.2) is 41.8 Å². The van der Waals surface area contributed by atoms with Gasteiger partial charge in [0.1, 0.15) is 0 Å². The van der Waals surface area contributed by atoms with Gasteiger partial charge < -0.3 is 9.47 Å². The number of carbonyl (C=O) groups is 1. The van der Waals surface area contributed by atoms with E-state index >= 15 is 0 Å². The average Bonchev–Trinajstić information content (AvgIpc) is 3.24. The highest BCUT2D eigenvalue weighted by Gasteiger charge is 2.21. The Morgan fingerprint density at radius 1 is 1.22 bits per heavy atom. The number of thiazole rings is 1. The van der Waals surface area contributed by atoms with Crippen LogP contribution in [0.2, 0.25) is 0 Å². The van der Waals surface area contributed by atoms with Gasteiger partial charge in [-0.05, 0) is 35.7 Å². The molecule has 2 aromatic carbocycles. The monoisotopic (exact) mass is 454 g/mol. The lowest BCUT2D eigenvalue weighted by Gasteiger charge is -2.29. The van der Waals surface area contributed by atoms with Crippen molar-refractivity contribution in [3.05, 3.63) is 74.3 Å². The number of fused-ring (bicyclic) bond motifs is 1. The van der Waals surface area contributed by atoms with Gasteiger partial charge in [0.15, 0.2) is 16.6 Å². The van der Waals surface area contributed by atoms with E-state index in [0.29, 0.717) is 17.4 Å². The highest BCUT2D eigenvalue weighted by atomic mass is 32.1. The van der Waals surface area contributed by atoms with E-state index in [0.717, 1.165) is 31.0 Å². The van der Waals surface area contributed by atoms with Crippen molar-refractivity contribution in [3.63, 3.8) is 0 Å². The lowest BCUT2D eigenvalue weighted by Crippen LogP contribution is -2.30. The van der Waals surface area contributed by atoms with Gasteiger partial charge in [-0.25, -0.2) is 4.98 Å². The van der Waals surface area contributed by atoms with E-state index in [9.17, 15) is 14.9 Å². The van der Waals surface area contributed by atoms with Crippen LogP contribution < -0.4 is 14.8 Å². The van der Waals surface area contributed by atoms with Gasteiger partial charge in [-0.2, -0.15) is 0 Å². The summed E-state index contributed by atoms with van der Waals surface area (Å²) in [4.78, 5) is 29.6. The van der Waals surface area contributed by atoms with E-state index < -0.39 is 10.8 Å². The summed E-state index contributed by atoms with van der Waals surface area (Å²) in [6.45, 7) is 2.30. The molecule has 0 spiro atoms. The van der Waals surface area contributed by atoms with Gasteiger partial charge in [0.2, 0.25) is 0 Å². The number of hydrogen-bond donors (Lipinski definition) is 1. The summed E-state index contributed by atoms with van der Waals surface area (Å²) in [6, 6.07) is 9.67. The highest BCUT2D eigenvalue weighted by Crippen LogP contribution is 2.33. The van der Waals surface area contributed by atoms with Crippen LogP contribution in [0.1, 0.15) is 27.2 Å². The molecule has 1 aliphatic heterocycles. The lowest BCUT2D eigenvalue weighted by atomic mass is 9.98. The van der Waals surface area contributed by atoms with Crippen molar-refractivity contribution in [2.24, 2.45) is 0 Å². The molecule has 1 aromatic heterocycles. The van der Waals surface area contributed by atoms with Crippen LogP contribution in [0, 0.1) is 10.1 Å². The van der Waals surface area contributed by atoms with Crippen molar-refractivity contribution < 1.29 is 19.2 Å². The second-order valence-electron chi connectivity index (χ2n) is 7.34. The maximum atomic E-state index is 12.4. The molecule has 1 aliphatic rings. The molecule has 10 heteroatoms. The summed E-state index contributed by atoms with van der Waals surface area (Å²) in [5.41, 5.74) is 3.39. The average molecular weight is 455 g/mol. The zero-order valence-corrected chi connectivity index (χ0v) is 18.5. The fourth-order valence-electron chi connectivity index (χ4n) is 3.67. The topological polar surface area (TPSA) is 107 Å². The summed E-state index contributed by atoms with van der Waals surface area (Å²) >= 11 is 1.33. The maximum Gasteiger partial charge on any atom is 0.270 e. The summed E-state index contributed by atoms with van der Waals surface area (Å²) in [5.74, 6) is 1.03. The van der Waals surface area contributed by atoms with Gasteiger partial charge in [-0.3, -0.25) is 25.1 Å². The van der Waals surface area contributed by atoms with E-state index in [4.69, 9.17) is 9.47 Å². The number of anilines is 1. The Labute approximate surface area is 188 Å². The normalized spacial score (nSPS) is 13.3. The van der Waals surface area contributed by atoms with Gasteiger partial charge in [0.25, 0.3) is 11.6 Å². The Morgan fingerprint density at radius 3 is 2.69 bits per heavy atom. The first-order valence-electron chi connectivity index (χ1n) is 9.93. The van der Waals surface area contributed by atoms with Crippen LogP contribution >= 0.6 is 11.3 Å². The first kappa shape index (κ1) is 21.7. The first-order valence-corrected chi connectivity index (χ1v) is 10.8. The van der Waals surface area contributed by atoms with Crippen molar-refractivity contribution in [1.29, 1.82) is 0 Å². The minimum absolute atomic E-state index is 0.128. The van der Waals surface area contributed by atoms with Gasteiger partial charge >= 0.3 is 0 Å².